The highest BCUT2D eigenvalue weighted by molar-refractivity contribution is 5.99. The molecular weight excluding hydrogens is 358 g/mol. The van der Waals surface area contributed by atoms with E-state index < -0.39 is 11.6 Å². The standard InChI is InChI=1S/C22H35NO5/c1-7-10-11-14-22(5,26-6)21(25)23-17-12-13-19(28-16(4)8-2)18(15-17)20(24)27-9-3/h12-13,15-16H,7-11,14H2,1-6H3,(H,23,25). The molecule has 0 heterocycles. The van der Waals surface area contributed by atoms with E-state index >= 15 is 0 Å². The van der Waals surface area contributed by atoms with E-state index in [4.69, 9.17) is 14.2 Å². The van der Waals surface area contributed by atoms with Crippen LogP contribution in [0.5, 0.6) is 5.75 Å². The highest BCUT2D eigenvalue weighted by Crippen LogP contribution is 2.27. The first-order valence-electron chi connectivity index (χ1n) is 10.2. The molecule has 0 radical (unpaired) electrons. The molecule has 0 aliphatic heterocycles. The number of anilines is 1. The molecule has 0 aromatic heterocycles. The van der Waals surface area contributed by atoms with Crippen molar-refractivity contribution in [2.75, 3.05) is 19.0 Å². The fourth-order valence-electron chi connectivity index (χ4n) is 2.66. The van der Waals surface area contributed by atoms with Crippen LogP contribution in [0.15, 0.2) is 18.2 Å². The van der Waals surface area contributed by atoms with E-state index in [0.717, 1.165) is 25.7 Å². The highest BCUT2D eigenvalue weighted by atomic mass is 16.5. The summed E-state index contributed by atoms with van der Waals surface area (Å²) in [4.78, 5) is 25.2. The predicted octanol–water partition coefficient (Wildman–Crippen LogP) is 4.96. The normalized spacial score (nSPS) is 14.1. The molecule has 0 fully saturated rings. The summed E-state index contributed by atoms with van der Waals surface area (Å²) in [6.45, 7) is 9.85. The van der Waals surface area contributed by atoms with Gasteiger partial charge in [0.25, 0.3) is 5.91 Å². The van der Waals surface area contributed by atoms with E-state index in [2.05, 4.69) is 12.2 Å². The summed E-state index contributed by atoms with van der Waals surface area (Å²) in [5, 5.41) is 2.87. The number of ether oxygens (including phenoxy) is 3. The van der Waals surface area contributed by atoms with Crippen LogP contribution in [0.1, 0.15) is 77.1 Å². The van der Waals surface area contributed by atoms with Crippen LogP contribution in [0.2, 0.25) is 0 Å². The van der Waals surface area contributed by atoms with Crippen LogP contribution in [0, 0.1) is 0 Å². The minimum Gasteiger partial charge on any atom is -0.490 e. The van der Waals surface area contributed by atoms with Crippen molar-refractivity contribution in [3.8, 4) is 5.75 Å². The summed E-state index contributed by atoms with van der Waals surface area (Å²) >= 11 is 0. The number of unbranched alkanes of at least 4 members (excludes halogenated alkanes) is 2. The summed E-state index contributed by atoms with van der Waals surface area (Å²) in [5.74, 6) is -0.269. The summed E-state index contributed by atoms with van der Waals surface area (Å²) in [6.07, 6.45) is 4.42. The number of carbonyl (C=O) groups excluding carboxylic acids is 2. The van der Waals surface area contributed by atoms with Crippen molar-refractivity contribution >= 4 is 17.6 Å². The Morgan fingerprint density at radius 1 is 1.18 bits per heavy atom. The number of carbonyl (C=O) groups is 2. The first kappa shape index (κ1) is 24.0. The molecule has 1 amide bonds. The quantitative estimate of drug-likeness (QED) is 0.401. The molecule has 158 valence electrons. The molecule has 0 saturated carbocycles. The second-order valence-electron chi connectivity index (χ2n) is 7.11. The first-order chi connectivity index (χ1) is 13.3. The molecule has 2 atom stereocenters. The molecule has 1 N–H and O–H groups in total. The largest absolute Gasteiger partial charge is 0.490 e. The molecule has 6 nitrogen and oxygen atoms in total. The fourth-order valence-corrected chi connectivity index (χ4v) is 2.66. The topological polar surface area (TPSA) is 73.9 Å². The predicted molar refractivity (Wildman–Crippen MR) is 111 cm³/mol. The van der Waals surface area contributed by atoms with E-state index in [1.165, 1.54) is 0 Å². The Bertz CT molecular complexity index is 646. The third-order valence-corrected chi connectivity index (χ3v) is 4.82. The Labute approximate surface area is 168 Å². The van der Waals surface area contributed by atoms with Gasteiger partial charge in [-0.25, -0.2) is 4.79 Å². The van der Waals surface area contributed by atoms with Crippen LogP contribution in [0.3, 0.4) is 0 Å². The fraction of sp³-hybridized carbons (Fsp3) is 0.636. The van der Waals surface area contributed by atoms with Crippen LogP contribution >= 0.6 is 0 Å². The number of hydrogen-bond acceptors (Lipinski definition) is 5. The van der Waals surface area contributed by atoms with Gasteiger partial charge in [-0.1, -0.05) is 33.1 Å². The molecule has 1 aromatic carbocycles. The van der Waals surface area contributed by atoms with Gasteiger partial charge in [-0.15, -0.1) is 0 Å². The van der Waals surface area contributed by atoms with Gasteiger partial charge in [0.15, 0.2) is 0 Å². The Morgan fingerprint density at radius 2 is 1.89 bits per heavy atom. The Morgan fingerprint density at radius 3 is 2.46 bits per heavy atom. The minimum atomic E-state index is -0.925. The molecule has 1 aromatic rings. The highest BCUT2D eigenvalue weighted by Gasteiger charge is 2.32. The molecule has 2 unspecified atom stereocenters. The lowest BCUT2D eigenvalue weighted by atomic mass is 9.96. The monoisotopic (exact) mass is 393 g/mol. The Kier molecular flexibility index (Phi) is 10.0. The van der Waals surface area contributed by atoms with Gasteiger partial charge in [0, 0.05) is 12.8 Å². The zero-order valence-corrected chi connectivity index (χ0v) is 18.1. The van der Waals surface area contributed by atoms with Gasteiger partial charge in [-0.3, -0.25) is 4.79 Å². The molecule has 0 saturated heterocycles. The van der Waals surface area contributed by atoms with Crippen LogP contribution in [-0.2, 0) is 14.3 Å². The first-order valence-corrected chi connectivity index (χ1v) is 10.2. The van der Waals surface area contributed by atoms with Crippen LogP contribution < -0.4 is 10.1 Å². The van der Waals surface area contributed by atoms with E-state index in [1.807, 2.05) is 13.8 Å². The number of amides is 1. The van der Waals surface area contributed by atoms with E-state index in [0.29, 0.717) is 23.4 Å². The van der Waals surface area contributed by atoms with Crippen molar-refractivity contribution in [2.45, 2.75) is 78.4 Å². The SMILES string of the molecule is CCCCCC(C)(OC)C(=O)Nc1ccc(OC(C)CC)c(C(=O)OCC)c1. The molecule has 0 aliphatic carbocycles. The van der Waals surface area contributed by atoms with Gasteiger partial charge >= 0.3 is 5.97 Å². The summed E-state index contributed by atoms with van der Waals surface area (Å²) in [5.41, 5.74) is -0.126. The van der Waals surface area contributed by atoms with Crippen molar-refractivity contribution < 1.29 is 23.8 Å². The molecule has 1 rings (SSSR count). The zero-order chi connectivity index (χ0) is 21.2. The van der Waals surface area contributed by atoms with Crippen molar-refractivity contribution in [3.05, 3.63) is 23.8 Å². The third-order valence-electron chi connectivity index (χ3n) is 4.82. The van der Waals surface area contributed by atoms with E-state index in [9.17, 15) is 9.59 Å². The van der Waals surface area contributed by atoms with Crippen molar-refractivity contribution in [1.82, 2.24) is 0 Å². The van der Waals surface area contributed by atoms with Crippen molar-refractivity contribution in [1.29, 1.82) is 0 Å². The lowest BCUT2D eigenvalue weighted by Gasteiger charge is -2.27. The molecule has 0 aliphatic rings. The minimum absolute atomic E-state index is 0.0380. The smallest absolute Gasteiger partial charge is 0.341 e. The summed E-state index contributed by atoms with van der Waals surface area (Å²) in [7, 11) is 1.54. The van der Waals surface area contributed by atoms with Crippen molar-refractivity contribution in [3.63, 3.8) is 0 Å². The number of hydrogen-bond donors (Lipinski definition) is 1. The molecular formula is C22H35NO5. The molecule has 0 bridgehead atoms. The van der Waals surface area contributed by atoms with Gasteiger partial charge < -0.3 is 19.5 Å². The number of nitrogens with one attached hydrogen (secondary N) is 1. The van der Waals surface area contributed by atoms with Gasteiger partial charge in [0.2, 0.25) is 0 Å². The maximum Gasteiger partial charge on any atom is 0.341 e. The second kappa shape index (κ2) is 11.7. The summed E-state index contributed by atoms with van der Waals surface area (Å²) < 4.78 is 16.5. The van der Waals surface area contributed by atoms with Gasteiger partial charge in [-0.05, 0) is 51.8 Å². The number of rotatable bonds is 12. The number of methoxy groups -OCH3 is 1. The average molecular weight is 394 g/mol. The molecule has 0 spiro atoms. The van der Waals surface area contributed by atoms with Crippen molar-refractivity contribution in [2.24, 2.45) is 0 Å². The van der Waals surface area contributed by atoms with E-state index in [1.54, 1.807) is 39.2 Å². The lowest BCUT2D eigenvalue weighted by molar-refractivity contribution is -0.136. The van der Waals surface area contributed by atoms with E-state index in [-0.39, 0.29) is 18.6 Å². The van der Waals surface area contributed by atoms with Crippen LogP contribution in [0.25, 0.3) is 0 Å². The van der Waals surface area contributed by atoms with Gasteiger partial charge in [0.05, 0.1) is 12.7 Å². The van der Waals surface area contributed by atoms with Gasteiger partial charge in [0.1, 0.15) is 16.9 Å². The average Bonchev–Trinajstić information content (AvgIpc) is 2.69. The lowest BCUT2D eigenvalue weighted by Crippen LogP contribution is -2.42. The third kappa shape index (κ3) is 6.82. The zero-order valence-electron chi connectivity index (χ0n) is 18.1. The maximum absolute atomic E-state index is 12.8. The Hall–Kier alpha value is -2.08. The number of esters is 1. The Balaban J connectivity index is 3.05. The molecule has 28 heavy (non-hydrogen) atoms. The van der Waals surface area contributed by atoms with Crippen LogP contribution in [-0.4, -0.2) is 37.3 Å². The number of benzene rings is 1. The second-order valence-corrected chi connectivity index (χ2v) is 7.11. The van der Waals surface area contributed by atoms with Gasteiger partial charge in [-0.2, -0.15) is 0 Å². The summed E-state index contributed by atoms with van der Waals surface area (Å²) in [6, 6.07) is 5.01. The molecule has 6 heteroatoms. The van der Waals surface area contributed by atoms with Crippen LogP contribution in [0.4, 0.5) is 5.69 Å². The maximum atomic E-state index is 12.8.